The van der Waals surface area contributed by atoms with Crippen LogP contribution in [-0.2, 0) is 5.41 Å². The van der Waals surface area contributed by atoms with Crippen LogP contribution in [0, 0.1) is 6.92 Å². The van der Waals surface area contributed by atoms with Crippen molar-refractivity contribution in [1.29, 1.82) is 0 Å². The molecule has 4 aromatic carbocycles. The molecule has 0 unspecified atom stereocenters. The average Bonchev–Trinajstić information content (AvgIpc) is 2.83. The molecule has 0 heterocycles. The van der Waals surface area contributed by atoms with Gasteiger partial charge >= 0.3 is 0 Å². The van der Waals surface area contributed by atoms with Crippen LogP contribution in [0.2, 0.25) is 0 Å². The molecule has 0 heteroatoms. The van der Waals surface area contributed by atoms with Gasteiger partial charge in [0.25, 0.3) is 0 Å². The lowest BCUT2D eigenvalue weighted by molar-refractivity contribution is 0.593. The van der Waals surface area contributed by atoms with Crippen LogP contribution in [0.3, 0.4) is 0 Å². The van der Waals surface area contributed by atoms with Crippen LogP contribution in [-0.4, -0.2) is 0 Å². The number of benzene rings is 4. The topological polar surface area (TPSA) is 0 Å². The maximum atomic E-state index is 2.31. The Bertz CT molecular complexity index is 1050. The predicted molar refractivity (Wildman–Crippen MR) is 148 cm³/mol. The van der Waals surface area contributed by atoms with Gasteiger partial charge in [-0.1, -0.05) is 137 Å². The van der Waals surface area contributed by atoms with E-state index in [9.17, 15) is 0 Å². The van der Waals surface area contributed by atoms with E-state index in [0.29, 0.717) is 0 Å². The van der Waals surface area contributed by atoms with Gasteiger partial charge in [-0.15, -0.1) is 0 Å². The second kappa shape index (κ2) is 13.9. The van der Waals surface area contributed by atoms with E-state index in [1.165, 1.54) is 43.4 Å². The molecule has 0 spiro atoms. The Labute approximate surface area is 192 Å². The van der Waals surface area contributed by atoms with Crippen LogP contribution in [0.4, 0.5) is 0 Å². The maximum Gasteiger partial charge on any atom is -0.00239 e. The average molecular weight is 419 g/mol. The first-order chi connectivity index (χ1) is 15.0. The first-order valence-corrected chi connectivity index (χ1v) is 12.3. The molecule has 0 N–H and O–H groups in total. The Hall–Kier alpha value is -2.34. The molecule has 4 rings (SSSR count). The summed E-state index contributed by atoms with van der Waals surface area (Å²) in [7, 11) is 0. The number of hydrogen-bond donors (Lipinski definition) is 0. The van der Waals surface area contributed by atoms with E-state index in [4.69, 9.17) is 0 Å². The summed E-state index contributed by atoms with van der Waals surface area (Å²) in [5, 5.41) is 8.20. The lowest BCUT2D eigenvalue weighted by Gasteiger charge is -2.26. The molecule has 0 fully saturated rings. The quantitative estimate of drug-likeness (QED) is 0.249. The summed E-state index contributed by atoms with van der Waals surface area (Å²) in [6.45, 7) is 25.2. The van der Waals surface area contributed by atoms with E-state index in [2.05, 4.69) is 88.4 Å². The Balaban J connectivity index is 0.00000102. The van der Waals surface area contributed by atoms with E-state index in [1.807, 2.05) is 55.4 Å². The molecule has 0 aromatic heterocycles. The van der Waals surface area contributed by atoms with Crippen molar-refractivity contribution < 1.29 is 0 Å². The summed E-state index contributed by atoms with van der Waals surface area (Å²) in [6.07, 6.45) is 0. The van der Waals surface area contributed by atoms with Crippen molar-refractivity contribution in [2.45, 2.75) is 88.5 Å². The molecule has 0 amide bonds. The van der Waals surface area contributed by atoms with Gasteiger partial charge in [-0.25, -0.2) is 0 Å². The van der Waals surface area contributed by atoms with Crippen LogP contribution in [0.15, 0.2) is 60.7 Å². The van der Waals surface area contributed by atoms with Gasteiger partial charge in [0.1, 0.15) is 0 Å². The zero-order valence-corrected chi connectivity index (χ0v) is 22.3. The van der Waals surface area contributed by atoms with Crippen LogP contribution < -0.4 is 0 Å². The number of fused-ring (bicyclic) bond motifs is 5. The standard InChI is InChI=1S/C23H22.4C2H6/c1-15-17-14-13-16-9-5-6-10-18(16)21(17)19-11-7-8-12-20(19)22(15)23(2,3)4;4*1-2/h5-14H,1-4H3;4*1-2H3. The Morgan fingerprint density at radius 2 is 0.935 bits per heavy atom. The summed E-state index contributed by atoms with van der Waals surface area (Å²) in [4.78, 5) is 0. The highest BCUT2D eigenvalue weighted by molar-refractivity contribution is 6.22. The van der Waals surface area contributed by atoms with Crippen LogP contribution >= 0.6 is 0 Å². The fourth-order valence-electron chi connectivity index (χ4n) is 4.10. The molecule has 0 aliphatic rings. The Morgan fingerprint density at radius 1 is 0.484 bits per heavy atom. The molecule has 31 heavy (non-hydrogen) atoms. The SMILES string of the molecule is CC.CC.CC.CC.Cc1c(C(C)(C)C)c2ccccc2c2c1ccc1ccccc12. The summed E-state index contributed by atoms with van der Waals surface area (Å²) in [5.41, 5.74) is 3.01. The minimum Gasteiger partial charge on any atom is -0.0683 e. The molecule has 0 nitrogen and oxygen atoms in total. The normalized spacial score (nSPS) is 9.94. The summed E-state index contributed by atoms with van der Waals surface area (Å²) < 4.78 is 0. The van der Waals surface area contributed by atoms with Crippen molar-refractivity contribution in [2.75, 3.05) is 0 Å². The maximum absolute atomic E-state index is 2.31. The first-order valence-electron chi connectivity index (χ1n) is 12.3. The Kier molecular flexibility index (Phi) is 12.8. The van der Waals surface area contributed by atoms with E-state index < -0.39 is 0 Å². The van der Waals surface area contributed by atoms with Crippen molar-refractivity contribution in [3.63, 3.8) is 0 Å². The molecule has 4 aromatic rings. The molecule has 0 bridgehead atoms. The molecule has 170 valence electrons. The monoisotopic (exact) mass is 418 g/mol. The molecule has 0 aliphatic carbocycles. The van der Waals surface area contributed by atoms with Gasteiger partial charge in [0.05, 0.1) is 0 Å². The fourth-order valence-corrected chi connectivity index (χ4v) is 4.10. The highest BCUT2D eigenvalue weighted by Crippen LogP contribution is 2.41. The van der Waals surface area contributed by atoms with E-state index in [-0.39, 0.29) is 5.41 Å². The molecule has 0 aliphatic heterocycles. The van der Waals surface area contributed by atoms with Crippen LogP contribution in [0.1, 0.15) is 87.3 Å². The van der Waals surface area contributed by atoms with Crippen molar-refractivity contribution in [1.82, 2.24) is 0 Å². The molecular formula is C31H46. The molecule has 0 radical (unpaired) electrons. The van der Waals surface area contributed by atoms with Crippen LogP contribution in [0.25, 0.3) is 32.3 Å². The highest BCUT2D eigenvalue weighted by atomic mass is 14.3. The van der Waals surface area contributed by atoms with E-state index in [1.54, 1.807) is 0 Å². The zero-order valence-electron chi connectivity index (χ0n) is 22.3. The Morgan fingerprint density at radius 3 is 1.45 bits per heavy atom. The molecule has 0 saturated heterocycles. The third kappa shape index (κ3) is 6.10. The van der Waals surface area contributed by atoms with E-state index >= 15 is 0 Å². The third-order valence-electron chi connectivity index (χ3n) is 4.92. The summed E-state index contributed by atoms with van der Waals surface area (Å²) in [5.74, 6) is 0. The number of aryl methyl sites for hydroxylation is 1. The smallest absolute Gasteiger partial charge is 0.00239 e. The highest BCUT2D eigenvalue weighted by Gasteiger charge is 2.22. The second-order valence-corrected chi connectivity index (χ2v) is 7.50. The summed E-state index contributed by atoms with van der Waals surface area (Å²) in [6, 6.07) is 22.1. The molecule has 0 saturated carbocycles. The zero-order chi connectivity index (χ0) is 24.2. The van der Waals surface area contributed by atoms with Gasteiger partial charge in [0.2, 0.25) is 0 Å². The van der Waals surface area contributed by atoms with Gasteiger partial charge in [0.15, 0.2) is 0 Å². The van der Waals surface area contributed by atoms with Crippen molar-refractivity contribution in [2.24, 2.45) is 0 Å². The lowest BCUT2D eigenvalue weighted by atomic mass is 9.78. The third-order valence-corrected chi connectivity index (χ3v) is 4.92. The van der Waals surface area contributed by atoms with Gasteiger partial charge < -0.3 is 0 Å². The van der Waals surface area contributed by atoms with Crippen molar-refractivity contribution in [3.05, 3.63) is 71.8 Å². The van der Waals surface area contributed by atoms with Gasteiger partial charge in [-0.3, -0.25) is 0 Å². The predicted octanol–water partition coefficient (Wildman–Crippen LogP) is 10.9. The minimum atomic E-state index is 0.128. The number of hydrogen-bond acceptors (Lipinski definition) is 0. The van der Waals surface area contributed by atoms with Gasteiger partial charge in [-0.05, 0) is 55.8 Å². The first kappa shape index (κ1) is 28.7. The van der Waals surface area contributed by atoms with E-state index in [0.717, 1.165) is 0 Å². The number of rotatable bonds is 0. The summed E-state index contributed by atoms with van der Waals surface area (Å²) >= 11 is 0. The minimum absolute atomic E-state index is 0.128. The second-order valence-electron chi connectivity index (χ2n) is 7.50. The fraction of sp³-hybridized carbons (Fsp3) is 0.419. The van der Waals surface area contributed by atoms with Crippen molar-refractivity contribution >= 4 is 32.3 Å². The largest absolute Gasteiger partial charge is 0.0683 e. The molecular weight excluding hydrogens is 372 g/mol. The molecule has 0 atom stereocenters. The van der Waals surface area contributed by atoms with Gasteiger partial charge in [0, 0.05) is 0 Å². The van der Waals surface area contributed by atoms with Crippen LogP contribution in [0.5, 0.6) is 0 Å². The van der Waals surface area contributed by atoms with Crippen molar-refractivity contribution in [3.8, 4) is 0 Å². The van der Waals surface area contributed by atoms with Gasteiger partial charge in [-0.2, -0.15) is 0 Å². The lowest BCUT2D eigenvalue weighted by Crippen LogP contribution is -2.14.